The van der Waals surface area contributed by atoms with E-state index >= 15 is 0 Å². The van der Waals surface area contributed by atoms with E-state index < -0.39 is 17.2 Å². The van der Waals surface area contributed by atoms with E-state index in [1.165, 1.54) is 22.7 Å². The largest absolute Gasteiger partial charge is 0.485 e. The number of ether oxygens (including phenoxy) is 1. The highest BCUT2D eigenvalue weighted by Gasteiger charge is 2.25. The van der Waals surface area contributed by atoms with Crippen molar-refractivity contribution < 1.29 is 18.3 Å². The first-order valence-corrected chi connectivity index (χ1v) is 9.27. The number of hydrogen-bond donors (Lipinski definition) is 2. The Hall–Kier alpha value is -2.71. The van der Waals surface area contributed by atoms with E-state index in [4.69, 9.17) is 22.1 Å². The number of rotatable bonds is 6. The van der Waals surface area contributed by atoms with Gasteiger partial charge in [-0.3, -0.25) is 9.20 Å². The topological polar surface area (TPSA) is 81.7 Å². The summed E-state index contributed by atoms with van der Waals surface area (Å²) in [5, 5.41) is 3.11. The minimum Gasteiger partial charge on any atom is -0.485 e. The Bertz CT molecular complexity index is 1060. The Morgan fingerprint density at radius 2 is 2.00 bits per heavy atom. The van der Waals surface area contributed by atoms with E-state index in [-0.39, 0.29) is 41.1 Å². The molecule has 2 heterocycles. The minimum absolute atomic E-state index is 0.195. The van der Waals surface area contributed by atoms with Gasteiger partial charge in [-0.2, -0.15) is 0 Å². The van der Waals surface area contributed by atoms with Crippen LogP contribution in [-0.2, 0) is 6.61 Å². The van der Waals surface area contributed by atoms with Gasteiger partial charge in [0.05, 0.1) is 16.3 Å². The van der Waals surface area contributed by atoms with Crippen molar-refractivity contribution in [2.75, 3.05) is 6.54 Å². The van der Waals surface area contributed by atoms with Crippen LogP contribution in [0.15, 0.2) is 30.5 Å². The smallest absolute Gasteiger partial charge is 0.270 e. The van der Waals surface area contributed by atoms with Crippen LogP contribution in [0, 0.1) is 18.6 Å². The highest BCUT2D eigenvalue weighted by atomic mass is 35.5. The quantitative estimate of drug-likeness (QED) is 0.635. The summed E-state index contributed by atoms with van der Waals surface area (Å²) in [7, 11) is 0. The second-order valence-corrected chi connectivity index (χ2v) is 7.73. The van der Waals surface area contributed by atoms with Crippen LogP contribution in [0.5, 0.6) is 5.75 Å². The number of carbonyl (C=O) groups excluding carboxylic acids is 1. The molecule has 3 N–H and O–H groups in total. The summed E-state index contributed by atoms with van der Waals surface area (Å²) in [6, 6.07) is 5.05. The first kappa shape index (κ1) is 21.0. The van der Waals surface area contributed by atoms with Crippen molar-refractivity contribution in [2.24, 2.45) is 5.73 Å². The fraction of sp³-hybridized carbons (Fsp3) is 0.300. The van der Waals surface area contributed by atoms with Gasteiger partial charge < -0.3 is 15.8 Å². The highest BCUT2D eigenvalue weighted by Crippen LogP contribution is 2.28. The van der Waals surface area contributed by atoms with Gasteiger partial charge in [-0.15, -0.1) is 0 Å². The minimum atomic E-state index is -0.716. The SMILES string of the molecule is Cc1nc2c(OCc3c(F)cccc3F)cc(Cl)cn2c1C(=O)NC(C)(C)CN. The summed E-state index contributed by atoms with van der Waals surface area (Å²) in [4.78, 5) is 17.2. The van der Waals surface area contributed by atoms with Crippen LogP contribution in [-0.4, -0.2) is 27.4 Å². The van der Waals surface area contributed by atoms with Crippen molar-refractivity contribution in [1.82, 2.24) is 14.7 Å². The van der Waals surface area contributed by atoms with Gasteiger partial charge in [0.15, 0.2) is 11.4 Å². The van der Waals surface area contributed by atoms with Crippen LogP contribution >= 0.6 is 11.6 Å². The summed E-state index contributed by atoms with van der Waals surface area (Å²) < 4.78 is 34.9. The molecule has 9 heteroatoms. The van der Waals surface area contributed by atoms with Crippen LogP contribution in [0.25, 0.3) is 5.65 Å². The number of nitrogens with two attached hydrogens (primary N) is 1. The number of aryl methyl sites for hydroxylation is 1. The molecule has 1 amide bonds. The van der Waals surface area contributed by atoms with Gasteiger partial charge in [0.25, 0.3) is 5.91 Å². The monoisotopic (exact) mass is 422 g/mol. The lowest BCUT2D eigenvalue weighted by Crippen LogP contribution is -2.49. The maximum absolute atomic E-state index is 13.9. The molecule has 0 aliphatic heterocycles. The van der Waals surface area contributed by atoms with Gasteiger partial charge in [-0.25, -0.2) is 13.8 Å². The molecule has 0 bridgehead atoms. The standard InChI is InChI=1S/C20H21ClF2N4O2/c1-11-17(19(28)26-20(2,3)10-24)27-8-12(21)7-16(18(27)25-11)29-9-13-14(22)5-4-6-15(13)23/h4-8H,9-10,24H2,1-3H3,(H,26,28). The number of nitrogens with zero attached hydrogens (tertiary/aromatic N) is 2. The molecular formula is C20H21ClF2N4O2. The molecule has 0 unspecified atom stereocenters. The van der Waals surface area contributed by atoms with Gasteiger partial charge >= 0.3 is 0 Å². The van der Waals surface area contributed by atoms with Gasteiger partial charge in [0, 0.05) is 24.3 Å². The molecule has 0 saturated carbocycles. The average molecular weight is 423 g/mol. The molecule has 3 rings (SSSR count). The zero-order valence-corrected chi connectivity index (χ0v) is 17.0. The molecule has 1 aromatic carbocycles. The Morgan fingerprint density at radius 3 is 2.62 bits per heavy atom. The molecule has 0 atom stereocenters. The average Bonchev–Trinajstić information content (AvgIpc) is 2.96. The third-order valence-electron chi connectivity index (χ3n) is 4.44. The Balaban J connectivity index is 1.99. The van der Waals surface area contributed by atoms with Crippen LogP contribution in [0.1, 0.15) is 35.6 Å². The number of carbonyl (C=O) groups is 1. The molecule has 154 valence electrons. The van der Waals surface area contributed by atoms with Crippen molar-refractivity contribution in [1.29, 1.82) is 0 Å². The molecule has 0 aliphatic rings. The maximum Gasteiger partial charge on any atom is 0.270 e. The number of hydrogen-bond acceptors (Lipinski definition) is 4. The summed E-state index contributed by atoms with van der Waals surface area (Å²) >= 11 is 6.19. The second-order valence-electron chi connectivity index (χ2n) is 7.29. The first-order chi connectivity index (χ1) is 13.6. The van der Waals surface area contributed by atoms with Crippen molar-refractivity contribution in [2.45, 2.75) is 32.9 Å². The van der Waals surface area contributed by atoms with Crippen molar-refractivity contribution in [3.63, 3.8) is 0 Å². The number of amides is 1. The zero-order chi connectivity index (χ0) is 21.3. The molecule has 0 spiro atoms. The summed E-state index contributed by atoms with van der Waals surface area (Å²) in [6.45, 7) is 5.16. The lowest BCUT2D eigenvalue weighted by atomic mass is 10.1. The van der Waals surface area contributed by atoms with E-state index in [0.29, 0.717) is 11.3 Å². The number of imidazole rings is 1. The Labute approximate surface area is 171 Å². The lowest BCUT2D eigenvalue weighted by molar-refractivity contribution is 0.0909. The van der Waals surface area contributed by atoms with Crippen LogP contribution in [0.2, 0.25) is 5.02 Å². The maximum atomic E-state index is 13.9. The third kappa shape index (κ3) is 4.33. The molecule has 2 aromatic heterocycles. The zero-order valence-electron chi connectivity index (χ0n) is 16.2. The molecular weight excluding hydrogens is 402 g/mol. The van der Waals surface area contributed by atoms with E-state index in [1.807, 2.05) is 0 Å². The van der Waals surface area contributed by atoms with E-state index in [2.05, 4.69) is 10.3 Å². The first-order valence-electron chi connectivity index (χ1n) is 8.89. The lowest BCUT2D eigenvalue weighted by Gasteiger charge is -2.24. The van der Waals surface area contributed by atoms with E-state index in [1.54, 1.807) is 20.8 Å². The van der Waals surface area contributed by atoms with Crippen molar-refractivity contribution in [3.8, 4) is 5.75 Å². The second kappa shape index (κ2) is 7.96. The third-order valence-corrected chi connectivity index (χ3v) is 4.64. The van der Waals surface area contributed by atoms with E-state index in [9.17, 15) is 13.6 Å². The molecule has 6 nitrogen and oxygen atoms in total. The molecule has 0 saturated heterocycles. The summed E-state index contributed by atoms with van der Waals surface area (Å²) in [6.07, 6.45) is 1.53. The van der Waals surface area contributed by atoms with Crippen LogP contribution < -0.4 is 15.8 Å². The summed E-state index contributed by atoms with van der Waals surface area (Å²) in [5.74, 6) is -1.61. The van der Waals surface area contributed by atoms with Crippen molar-refractivity contribution in [3.05, 3.63) is 64.1 Å². The predicted molar refractivity (Wildman–Crippen MR) is 106 cm³/mol. The fourth-order valence-corrected chi connectivity index (χ4v) is 3.01. The summed E-state index contributed by atoms with van der Waals surface area (Å²) in [5.41, 5.74) is 5.88. The van der Waals surface area contributed by atoms with Crippen LogP contribution in [0.3, 0.4) is 0 Å². The number of aromatic nitrogens is 2. The van der Waals surface area contributed by atoms with Crippen molar-refractivity contribution >= 4 is 23.2 Å². The van der Waals surface area contributed by atoms with Gasteiger partial charge in [0.1, 0.15) is 23.9 Å². The predicted octanol–water partition coefficient (Wildman–Crippen LogP) is 3.62. The van der Waals surface area contributed by atoms with Gasteiger partial charge in [-0.05, 0) is 32.9 Å². The molecule has 0 fully saturated rings. The number of halogens is 3. The van der Waals surface area contributed by atoms with Crippen LogP contribution in [0.4, 0.5) is 8.78 Å². The number of nitrogens with one attached hydrogen (secondary N) is 1. The molecule has 0 radical (unpaired) electrons. The van der Waals surface area contributed by atoms with E-state index in [0.717, 1.165) is 12.1 Å². The number of benzene rings is 1. The normalized spacial score (nSPS) is 11.7. The fourth-order valence-electron chi connectivity index (χ4n) is 2.81. The molecule has 0 aliphatic carbocycles. The molecule has 3 aromatic rings. The van der Waals surface area contributed by atoms with Gasteiger partial charge in [-0.1, -0.05) is 17.7 Å². The number of pyridine rings is 1. The Kier molecular flexibility index (Phi) is 5.77. The molecule has 29 heavy (non-hydrogen) atoms. The number of fused-ring (bicyclic) bond motifs is 1. The van der Waals surface area contributed by atoms with Gasteiger partial charge in [0.2, 0.25) is 0 Å². The Morgan fingerprint density at radius 1 is 1.34 bits per heavy atom. The highest BCUT2D eigenvalue weighted by molar-refractivity contribution is 6.30.